The van der Waals surface area contributed by atoms with E-state index in [2.05, 4.69) is 14.5 Å². The lowest BCUT2D eigenvalue weighted by molar-refractivity contribution is 0.315. The van der Waals surface area contributed by atoms with Crippen LogP contribution in [-0.2, 0) is 13.1 Å². The second-order valence-electron chi connectivity index (χ2n) is 3.80. The van der Waals surface area contributed by atoms with Crippen LogP contribution in [0.4, 0.5) is 0 Å². The van der Waals surface area contributed by atoms with E-state index in [9.17, 15) is 0 Å². The first-order valence-electron chi connectivity index (χ1n) is 5.05. The van der Waals surface area contributed by atoms with Crippen molar-refractivity contribution < 1.29 is 0 Å². The zero-order valence-corrected chi connectivity index (χ0v) is 11.6. The monoisotopic (exact) mass is 287 g/mol. The maximum Gasteiger partial charge on any atom is 0.138 e. The molecule has 0 radical (unpaired) electrons. The zero-order chi connectivity index (χ0) is 12.3. The molecule has 0 unspecified atom stereocenters. The molecule has 2 rings (SSSR count). The van der Waals surface area contributed by atoms with Crippen LogP contribution in [0.3, 0.4) is 0 Å². The summed E-state index contributed by atoms with van der Waals surface area (Å²) in [5.41, 5.74) is 1.99. The van der Waals surface area contributed by atoms with Gasteiger partial charge in [-0.1, -0.05) is 39.8 Å². The Morgan fingerprint density at radius 3 is 2.76 bits per heavy atom. The van der Waals surface area contributed by atoms with Crippen LogP contribution in [0.1, 0.15) is 11.3 Å². The van der Waals surface area contributed by atoms with Crippen LogP contribution < -0.4 is 0 Å². The molecule has 17 heavy (non-hydrogen) atoms. The lowest BCUT2D eigenvalue weighted by Crippen LogP contribution is -2.17. The van der Waals surface area contributed by atoms with Gasteiger partial charge in [-0.15, -0.1) is 5.10 Å². The molecule has 0 fully saturated rings. The lowest BCUT2D eigenvalue weighted by Gasteiger charge is -2.15. The molecule has 3 nitrogen and oxygen atoms in total. The van der Waals surface area contributed by atoms with Gasteiger partial charge in [0.25, 0.3) is 0 Å². The highest BCUT2D eigenvalue weighted by atomic mass is 35.5. The summed E-state index contributed by atoms with van der Waals surface area (Å²) in [6.45, 7) is 1.48. The minimum absolute atomic E-state index is 0.656. The third-order valence-corrected chi connectivity index (χ3v) is 3.49. The normalized spacial score (nSPS) is 11.1. The van der Waals surface area contributed by atoms with E-state index in [-0.39, 0.29) is 0 Å². The highest BCUT2D eigenvalue weighted by Crippen LogP contribution is 2.19. The van der Waals surface area contributed by atoms with Crippen LogP contribution in [0.15, 0.2) is 24.3 Å². The molecule has 1 aromatic carbocycles. The van der Waals surface area contributed by atoms with Gasteiger partial charge in [0.1, 0.15) is 10.0 Å². The van der Waals surface area contributed by atoms with E-state index in [0.29, 0.717) is 10.9 Å². The number of hydrogen-bond acceptors (Lipinski definition) is 4. The predicted molar refractivity (Wildman–Crippen MR) is 71.5 cm³/mol. The van der Waals surface area contributed by atoms with Crippen molar-refractivity contribution in [3.8, 4) is 0 Å². The average molecular weight is 288 g/mol. The molecule has 0 atom stereocenters. The Bertz CT molecular complexity index is 501. The summed E-state index contributed by atoms with van der Waals surface area (Å²) >= 11 is 13.1. The second-order valence-corrected chi connectivity index (χ2v) is 5.59. The summed E-state index contributed by atoms with van der Waals surface area (Å²) in [7, 11) is 2.01. The van der Waals surface area contributed by atoms with Crippen molar-refractivity contribution in [1.29, 1.82) is 0 Å². The van der Waals surface area contributed by atoms with Gasteiger partial charge in [0.05, 0.1) is 0 Å². The number of rotatable bonds is 4. The lowest BCUT2D eigenvalue weighted by atomic mass is 10.2. The van der Waals surface area contributed by atoms with Gasteiger partial charge in [-0.2, -0.15) is 0 Å². The van der Waals surface area contributed by atoms with Crippen LogP contribution >= 0.6 is 34.7 Å². The smallest absolute Gasteiger partial charge is 0.138 e. The zero-order valence-electron chi connectivity index (χ0n) is 9.23. The van der Waals surface area contributed by atoms with Crippen molar-refractivity contribution in [3.05, 3.63) is 44.9 Å². The van der Waals surface area contributed by atoms with Crippen molar-refractivity contribution in [1.82, 2.24) is 14.5 Å². The van der Waals surface area contributed by atoms with Crippen LogP contribution in [0.5, 0.6) is 0 Å². The van der Waals surface area contributed by atoms with E-state index in [4.69, 9.17) is 23.2 Å². The molecule has 0 amide bonds. The Hall–Kier alpha value is -0.680. The largest absolute Gasteiger partial charge is 0.296 e. The number of nitrogens with zero attached hydrogens (tertiary/aromatic N) is 3. The molecule has 0 saturated carbocycles. The summed E-state index contributed by atoms with van der Waals surface area (Å²) in [6, 6.07) is 7.82. The number of aromatic nitrogens is 2. The van der Waals surface area contributed by atoms with Crippen LogP contribution in [0.25, 0.3) is 0 Å². The number of hydrogen-bond donors (Lipinski definition) is 0. The molecule has 0 bridgehead atoms. The molecule has 0 saturated heterocycles. The Labute approximate surface area is 114 Å². The van der Waals surface area contributed by atoms with Crippen molar-refractivity contribution >= 4 is 34.7 Å². The van der Waals surface area contributed by atoms with Crippen molar-refractivity contribution in [2.24, 2.45) is 0 Å². The van der Waals surface area contributed by atoms with E-state index in [1.165, 1.54) is 17.1 Å². The summed E-state index contributed by atoms with van der Waals surface area (Å²) in [5.74, 6) is 0. The average Bonchev–Trinajstić information content (AvgIpc) is 2.64. The van der Waals surface area contributed by atoms with E-state index in [1.54, 1.807) is 0 Å². The Balaban J connectivity index is 1.98. The molecule has 0 aliphatic heterocycles. The Morgan fingerprint density at radius 2 is 2.12 bits per heavy atom. The first kappa shape index (κ1) is 12.8. The van der Waals surface area contributed by atoms with Gasteiger partial charge in [-0.05, 0) is 24.7 Å². The highest BCUT2D eigenvalue weighted by molar-refractivity contribution is 7.10. The molecule has 0 spiro atoms. The van der Waals surface area contributed by atoms with Crippen molar-refractivity contribution in [2.45, 2.75) is 13.1 Å². The second kappa shape index (κ2) is 5.78. The standard InChI is InChI=1S/C11H11Cl2N3S/c1-16(7-10-11(13)17-15-14-10)6-8-3-2-4-9(12)5-8/h2-5H,6-7H2,1H3. The van der Waals surface area contributed by atoms with Crippen molar-refractivity contribution in [3.63, 3.8) is 0 Å². The highest BCUT2D eigenvalue weighted by Gasteiger charge is 2.09. The quantitative estimate of drug-likeness (QED) is 0.862. The summed E-state index contributed by atoms with van der Waals surface area (Å²) < 4.78 is 4.46. The molecule has 0 aliphatic rings. The topological polar surface area (TPSA) is 29.0 Å². The summed E-state index contributed by atoms with van der Waals surface area (Å²) in [4.78, 5) is 2.12. The van der Waals surface area contributed by atoms with E-state index >= 15 is 0 Å². The fourth-order valence-corrected chi connectivity index (χ4v) is 2.37. The third kappa shape index (κ3) is 3.64. The van der Waals surface area contributed by atoms with Crippen molar-refractivity contribution in [2.75, 3.05) is 7.05 Å². The van der Waals surface area contributed by atoms with Gasteiger partial charge in [0, 0.05) is 29.6 Å². The van der Waals surface area contributed by atoms with Gasteiger partial charge in [-0.25, -0.2) is 0 Å². The van der Waals surface area contributed by atoms with Crippen LogP contribution in [0, 0.1) is 0 Å². The summed E-state index contributed by atoms with van der Waals surface area (Å²) in [6.07, 6.45) is 0. The van der Waals surface area contributed by atoms with Gasteiger partial charge in [0.2, 0.25) is 0 Å². The van der Waals surface area contributed by atoms with Gasteiger partial charge < -0.3 is 0 Å². The molecule has 1 aromatic heterocycles. The fourth-order valence-electron chi connectivity index (χ4n) is 1.55. The maximum atomic E-state index is 5.96. The van der Waals surface area contributed by atoms with E-state index in [0.717, 1.165) is 17.3 Å². The number of benzene rings is 1. The SMILES string of the molecule is CN(Cc1cccc(Cl)c1)Cc1nnsc1Cl. The van der Waals surface area contributed by atoms with E-state index in [1.807, 2.05) is 31.3 Å². The van der Waals surface area contributed by atoms with E-state index < -0.39 is 0 Å². The Kier molecular flexibility index (Phi) is 4.34. The van der Waals surface area contributed by atoms with Gasteiger partial charge >= 0.3 is 0 Å². The number of halogens is 2. The molecule has 0 aliphatic carbocycles. The predicted octanol–water partition coefficient (Wildman–Crippen LogP) is 3.48. The van der Waals surface area contributed by atoms with Gasteiger partial charge in [0.15, 0.2) is 0 Å². The molecule has 6 heteroatoms. The third-order valence-electron chi connectivity index (χ3n) is 2.27. The van der Waals surface area contributed by atoms with Gasteiger partial charge in [-0.3, -0.25) is 4.90 Å². The molecular weight excluding hydrogens is 277 g/mol. The summed E-state index contributed by atoms with van der Waals surface area (Å²) in [5, 5.41) is 4.74. The molecule has 2 aromatic rings. The molecular formula is C11H11Cl2N3S. The van der Waals surface area contributed by atoms with Crippen LogP contribution in [0.2, 0.25) is 9.36 Å². The Morgan fingerprint density at radius 1 is 1.29 bits per heavy atom. The first-order chi connectivity index (χ1) is 8.15. The van der Waals surface area contributed by atoms with Crippen LogP contribution in [-0.4, -0.2) is 21.5 Å². The minimum atomic E-state index is 0.656. The molecule has 1 heterocycles. The fraction of sp³-hybridized carbons (Fsp3) is 0.273. The molecule has 90 valence electrons. The first-order valence-corrected chi connectivity index (χ1v) is 6.58. The maximum absolute atomic E-state index is 5.96. The molecule has 0 N–H and O–H groups in total. The minimum Gasteiger partial charge on any atom is -0.296 e.